The molecule has 2 fully saturated rings. The number of rotatable bonds is 1. The van der Waals surface area contributed by atoms with Gasteiger partial charge in [0.15, 0.2) is 0 Å². The van der Waals surface area contributed by atoms with E-state index in [-0.39, 0.29) is 11.5 Å². The molecule has 0 bridgehead atoms. The molecule has 1 spiro atoms. The lowest BCUT2D eigenvalue weighted by Gasteiger charge is -2.46. The molecule has 86 valence electrons. The lowest BCUT2D eigenvalue weighted by atomic mass is 9.73. The number of ether oxygens (including phenoxy) is 1. The van der Waals surface area contributed by atoms with E-state index in [2.05, 4.69) is 4.98 Å². The SMILES string of the molecule is Fc1ncccc1[C@H]1CC[C@@]2(CCO2)CC1. The second-order valence-electron chi connectivity index (χ2n) is 4.94. The van der Waals surface area contributed by atoms with E-state index in [0.717, 1.165) is 37.9 Å². The molecule has 0 amide bonds. The third-order valence-electron chi connectivity index (χ3n) is 4.09. The maximum atomic E-state index is 13.5. The van der Waals surface area contributed by atoms with E-state index in [1.165, 1.54) is 12.6 Å². The summed E-state index contributed by atoms with van der Waals surface area (Å²) >= 11 is 0. The van der Waals surface area contributed by atoms with E-state index >= 15 is 0 Å². The summed E-state index contributed by atoms with van der Waals surface area (Å²) in [6.45, 7) is 0.909. The monoisotopic (exact) mass is 221 g/mol. The largest absolute Gasteiger partial charge is 0.375 e. The zero-order valence-electron chi connectivity index (χ0n) is 9.29. The molecule has 0 unspecified atom stereocenters. The van der Waals surface area contributed by atoms with Gasteiger partial charge in [0.2, 0.25) is 5.95 Å². The molecule has 16 heavy (non-hydrogen) atoms. The lowest BCUT2D eigenvalue weighted by molar-refractivity contribution is -0.166. The van der Waals surface area contributed by atoms with Crippen LogP contribution < -0.4 is 0 Å². The van der Waals surface area contributed by atoms with Crippen LogP contribution in [0.2, 0.25) is 0 Å². The third kappa shape index (κ3) is 1.63. The number of pyridine rings is 1. The molecule has 2 nitrogen and oxygen atoms in total. The highest BCUT2D eigenvalue weighted by Crippen LogP contribution is 2.45. The van der Waals surface area contributed by atoms with Crippen LogP contribution in [0, 0.1) is 5.95 Å². The first-order chi connectivity index (χ1) is 7.79. The van der Waals surface area contributed by atoms with Crippen LogP contribution >= 0.6 is 0 Å². The summed E-state index contributed by atoms with van der Waals surface area (Å²) in [6, 6.07) is 3.69. The zero-order chi connectivity index (χ0) is 11.0. The minimum Gasteiger partial charge on any atom is -0.375 e. The van der Waals surface area contributed by atoms with Crippen molar-refractivity contribution in [3.63, 3.8) is 0 Å². The van der Waals surface area contributed by atoms with Crippen LogP contribution in [0.15, 0.2) is 18.3 Å². The van der Waals surface area contributed by atoms with Crippen molar-refractivity contribution in [1.29, 1.82) is 0 Å². The van der Waals surface area contributed by atoms with Gasteiger partial charge in [0, 0.05) is 11.8 Å². The summed E-state index contributed by atoms with van der Waals surface area (Å²) in [5.74, 6) is 0.0431. The van der Waals surface area contributed by atoms with Crippen LogP contribution in [-0.2, 0) is 4.74 Å². The normalized spacial score (nSPS) is 33.7. The highest BCUT2D eigenvalue weighted by Gasteiger charge is 2.42. The Kier molecular flexibility index (Phi) is 2.43. The van der Waals surface area contributed by atoms with Crippen LogP contribution in [0.3, 0.4) is 0 Å². The summed E-state index contributed by atoms with van der Waals surface area (Å²) in [6.07, 6.45) is 6.91. The van der Waals surface area contributed by atoms with Crippen molar-refractivity contribution in [2.24, 2.45) is 0 Å². The van der Waals surface area contributed by atoms with Gasteiger partial charge in [0.05, 0.1) is 12.2 Å². The van der Waals surface area contributed by atoms with Crippen LogP contribution in [0.25, 0.3) is 0 Å². The average Bonchev–Trinajstić information content (AvgIpc) is 2.28. The molecule has 1 aliphatic heterocycles. The van der Waals surface area contributed by atoms with Gasteiger partial charge < -0.3 is 4.74 Å². The van der Waals surface area contributed by atoms with E-state index < -0.39 is 0 Å². The molecule has 1 aliphatic carbocycles. The van der Waals surface area contributed by atoms with Crippen molar-refractivity contribution < 1.29 is 9.13 Å². The standard InChI is InChI=1S/C13H16FNO/c14-12-11(2-1-8-15-12)10-3-5-13(6-4-10)7-9-16-13/h1-2,8,10H,3-7,9H2/t10-,13-. The molecule has 1 saturated carbocycles. The Morgan fingerprint density at radius 1 is 1.31 bits per heavy atom. The van der Waals surface area contributed by atoms with Gasteiger partial charge in [-0.2, -0.15) is 4.39 Å². The predicted octanol–water partition coefficient (Wildman–Crippen LogP) is 3.04. The Balaban J connectivity index is 1.72. The maximum absolute atomic E-state index is 13.5. The number of hydrogen-bond donors (Lipinski definition) is 0. The topological polar surface area (TPSA) is 22.1 Å². The van der Waals surface area contributed by atoms with Crippen molar-refractivity contribution in [2.45, 2.75) is 43.6 Å². The first-order valence-electron chi connectivity index (χ1n) is 6.03. The van der Waals surface area contributed by atoms with Gasteiger partial charge in [0.25, 0.3) is 0 Å². The van der Waals surface area contributed by atoms with Gasteiger partial charge in [-0.15, -0.1) is 0 Å². The summed E-state index contributed by atoms with van der Waals surface area (Å²) in [5.41, 5.74) is 0.950. The molecule has 3 heteroatoms. The highest BCUT2D eigenvalue weighted by molar-refractivity contribution is 5.18. The van der Waals surface area contributed by atoms with Crippen molar-refractivity contribution in [2.75, 3.05) is 6.61 Å². The first-order valence-corrected chi connectivity index (χ1v) is 6.03. The highest BCUT2D eigenvalue weighted by atomic mass is 19.1. The second kappa shape index (κ2) is 3.81. The summed E-state index contributed by atoms with van der Waals surface area (Å²) in [4.78, 5) is 3.73. The molecule has 1 saturated heterocycles. The Morgan fingerprint density at radius 2 is 2.06 bits per heavy atom. The molecular weight excluding hydrogens is 205 g/mol. The number of nitrogens with zero attached hydrogens (tertiary/aromatic N) is 1. The van der Waals surface area contributed by atoms with Crippen molar-refractivity contribution in [1.82, 2.24) is 4.98 Å². The molecule has 1 aromatic heterocycles. The van der Waals surface area contributed by atoms with E-state index in [1.807, 2.05) is 12.1 Å². The van der Waals surface area contributed by atoms with Crippen LogP contribution in [0.4, 0.5) is 4.39 Å². The first kappa shape index (κ1) is 10.2. The third-order valence-corrected chi connectivity index (χ3v) is 4.09. The van der Waals surface area contributed by atoms with Gasteiger partial charge in [-0.25, -0.2) is 4.98 Å². The van der Waals surface area contributed by atoms with Crippen LogP contribution in [0.5, 0.6) is 0 Å². The Morgan fingerprint density at radius 3 is 2.62 bits per heavy atom. The van der Waals surface area contributed by atoms with Gasteiger partial charge in [-0.3, -0.25) is 0 Å². The fraction of sp³-hybridized carbons (Fsp3) is 0.615. The van der Waals surface area contributed by atoms with Gasteiger partial charge in [0.1, 0.15) is 0 Å². The Bertz CT molecular complexity index is 379. The number of hydrogen-bond acceptors (Lipinski definition) is 2. The molecule has 1 aromatic rings. The quantitative estimate of drug-likeness (QED) is 0.680. The summed E-state index contributed by atoms with van der Waals surface area (Å²) in [5, 5.41) is 0. The molecule has 2 aliphatic rings. The van der Waals surface area contributed by atoms with E-state index in [4.69, 9.17) is 4.74 Å². The molecule has 0 atom stereocenters. The summed E-state index contributed by atoms with van der Waals surface area (Å²) in [7, 11) is 0. The van der Waals surface area contributed by atoms with Gasteiger partial charge in [-0.05, 0) is 44.1 Å². The molecule has 2 heterocycles. The molecule has 3 rings (SSSR count). The van der Waals surface area contributed by atoms with Crippen molar-refractivity contribution in [3.8, 4) is 0 Å². The molecular formula is C13H16FNO. The van der Waals surface area contributed by atoms with Gasteiger partial charge >= 0.3 is 0 Å². The average molecular weight is 221 g/mol. The number of aromatic nitrogens is 1. The van der Waals surface area contributed by atoms with Crippen LogP contribution in [-0.4, -0.2) is 17.2 Å². The van der Waals surface area contributed by atoms with Crippen molar-refractivity contribution >= 4 is 0 Å². The fourth-order valence-electron chi connectivity index (χ4n) is 2.94. The lowest BCUT2D eigenvalue weighted by Crippen LogP contribution is -2.46. The Hall–Kier alpha value is -0.960. The smallest absolute Gasteiger partial charge is 0.216 e. The van der Waals surface area contributed by atoms with Gasteiger partial charge in [-0.1, -0.05) is 6.07 Å². The summed E-state index contributed by atoms with van der Waals surface area (Å²) < 4.78 is 19.2. The molecule has 0 N–H and O–H groups in total. The minimum absolute atomic E-state index is 0.162. The predicted molar refractivity (Wildman–Crippen MR) is 58.7 cm³/mol. The molecule has 0 radical (unpaired) electrons. The van der Waals surface area contributed by atoms with E-state index in [9.17, 15) is 4.39 Å². The van der Waals surface area contributed by atoms with Crippen LogP contribution in [0.1, 0.15) is 43.6 Å². The zero-order valence-corrected chi connectivity index (χ0v) is 9.29. The molecule has 0 aromatic carbocycles. The fourth-order valence-corrected chi connectivity index (χ4v) is 2.94. The minimum atomic E-state index is -0.294. The second-order valence-corrected chi connectivity index (χ2v) is 4.94. The number of halogens is 1. The van der Waals surface area contributed by atoms with Crippen molar-refractivity contribution in [3.05, 3.63) is 29.8 Å². The Labute approximate surface area is 94.8 Å². The van der Waals surface area contributed by atoms with E-state index in [0.29, 0.717) is 5.92 Å². The maximum Gasteiger partial charge on any atom is 0.216 e. The van der Waals surface area contributed by atoms with E-state index in [1.54, 1.807) is 0 Å².